The van der Waals surface area contributed by atoms with Gasteiger partial charge in [0.2, 0.25) is 0 Å². The SMILES string of the molecule is O=C(Nc1ccc2c(c1)CCCN2C(=O)c1cccs1)c1cc(=O)c2ccccc2o1. The van der Waals surface area contributed by atoms with Crippen LogP contribution in [-0.4, -0.2) is 18.4 Å². The van der Waals surface area contributed by atoms with Gasteiger partial charge >= 0.3 is 0 Å². The summed E-state index contributed by atoms with van der Waals surface area (Å²) in [4.78, 5) is 40.3. The minimum atomic E-state index is -0.495. The van der Waals surface area contributed by atoms with Crippen LogP contribution in [0.4, 0.5) is 11.4 Å². The smallest absolute Gasteiger partial charge is 0.291 e. The lowest BCUT2D eigenvalue weighted by Crippen LogP contribution is -2.35. The quantitative estimate of drug-likeness (QED) is 0.511. The zero-order chi connectivity index (χ0) is 21.4. The Bertz CT molecular complexity index is 1360. The van der Waals surface area contributed by atoms with Gasteiger partial charge in [-0.1, -0.05) is 18.2 Å². The first-order valence-corrected chi connectivity index (χ1v) is 10.8. The molecule has 2 aromatic carbocycles. The van der Waals surface area contributed by atoms with Crippen LogP contribution in [0.25, 0.3) is 11.0 Å². The van der Waals surface area contributed by atoms with Crippen molar-refractivity contribution in [3.8, 4) is 0 Å². The predicted molar refractivity (Wildman–Crippen MR) is 121 cm³/mol. The number of benzene rings is 2. The topological polar surface area (TPSA) is 79.6 Å². The van der Waals surface area contributed by atoms with Crippen molar-refractivity contribution in [2.45, 2.75) is 12.8 Å². The number of para-hydroxylation sites is 1. The molecule has 0 bridgehead atoms. The van der Waals surface area contributed by atoms with Crippen molar-refractivity contribution in [3.63, 3.8) is 0 Å². The van der Waals surface area contributed by atoms with Gasteiger partial charge in [0.25, 0.3) is 11.8 Å². The maximum absolute atomic E-state index is 12.8. The van der Waals surface area contributed by atoms with E-state index in [2.05, 4.69) is 5.32 Å². The van der Waals surface area contributed by atoms with E-state index in [1.165, 1.54) is 17.4 Å². The highest BCUT2D eigenvalue weighted by atomic mass is 32.1. The van der Waals surface area contributed by atoms with Crippen LogP contribution < -0.4 is 15.6 Å². The molecule has 1 aliphatic rings. The summed E-state index contributed by atoms with van der Waals surface area (Å²) in [5, 5.41) is 5.12. The number of hydrogen-bond acceptors (Lipinski definition) is 5. The molecule has 0 unspecified atom stereocenters. The third kappa shape index (κ3) is 3.64. The number of fused-ring (bicyclic) bond motifs is 2. The van der Waals surface area contributed by atoms with Crippen LogP contribution in [0.3, 0.4) is 0 Å². The van der Waals surface area contributed by atoms with Crippen molar-refractivity contribution in [1.82, 2.24) is 0 Å². The molecular formula is C24H18N2O4S. The Morgan fingerprint density at radius 3 is 2.74 bits per heavy atom. The summed E-state index contributed by atoms with van der Waals surface area (Å²) < 4.78 is 5.62. The first-order valence-electron chi connectivity index (χ1n) is 9.93. The lowest BCUT2D eigenvalue weighted by molar-refractivity contribution is 0.0984. The monoisotopic (exact) mass is 430 g/mol. The molecule has 5 rings (SSSR count). The maximum atomic E-state index is 12.8. The van der Waals surface area contributed by atoms with Gasteiger partial charge in [0.1, 0.15) is 5.58 Å². The molecule has 3 heterocycles. The minimum Gasteiger partial charge on any atom is -0.451 e. The van der Waals surface area contributed by atoms with Gasteiger partial charge in [-0.25, -0.2) is 0 Å². The van der Waals surface area contributed by atoms with Gasteiger partial charge < -0.3 is 14.6 Å². The van der Waals surface area contributed by atoms with Crippen molar-refractivity contribution in [3.05, 3.63) is 92.5 Å². The molecule has 0 saturated carbocycles. The van der Waals surface area contributed by atoms with Crippen molar-refractivity contribution in [2.75, 3.05) is 16.8 Å². The van der Waals surface area contributed by atoms with Gasteiger partial charge in [-0.2, -0.15) is 0 Å². The summed E-state index contributed by atoms with van der Waals surface area (Å²) in [5.74, 6) is -0.549. The second-order valence-electron chi connectivity index (χ2n) is 7.31. The Morgan fingerprint density at radius 2 is 1.90 bits per heavy atom. The number of anilines is 2. The molecule has 0 fully saturated rings. The summed E-state index contributed by atoms with van der Waals surface area (Å²) >= 11 is 1.43. The number of nitrogens with one attached hydrogen (secondary N) is 1. The van der Waals surface area contributed by atoms with Gasteiger partial charge in [-0.05, 0) is 60.2 Å². The maximum Gasteiger partial charge on any atom is 0.291 e. The fourth-order valence-corrected chi connectivity index (χ4v) is 4.50. The van der Waals surface area contributed by atoms with Gasteiger partial charge in [0.05, 0.1) is 10.3 Å². The van der Waals surface area contributed by atoms with Crippen LogP contribution in [0.15, 0.2) is 75.3 Å². The van der Waals surface area contributed by atoms with E-state index in [-0.39, 0.29) is 17.1 Å². The number of rotatable bonds is 3. The van der Waals surface area contributed by atoms with Gasteiger partial charge in [-0.3, -0.25) is 14.4 Å². The molecule has 31 heavy (non-hydrogen) atoms. The first kappa shape index (κ1) is 19.3. The highest BCUT2D eigenvalue weighted by Crippen LogP contribution is 2.31. The molecule has 4 aromatic rings. The van der Waals surface area contributed by atoms with E-state index in [1.807, 2.05) is 29.6 Å². The number of amides is 2. The molecule has 0 atom stereocenters. The fraction of sp³-hybridized carbons (Fsp3) is 0.125. The lowest BCUT2D eigenvalue weighted by Gasteiger charge is -2.29. The summed E-state index contributed by atoms with van der Waals surface area (Å²) in [6.45, 7) is 0.664. The molecule has 2 amide bonds. The molecule has 1 aliphatic heterocycles. The van der Waals surface area contributed by atoms with Crippen LogP contribution in [0.1, 0.15) is 32.2 Å². The Balaban J connectivity index is 1.40. The number of nitrogens with zero attached hydrogens (tertiary/aromatic N) is 1. The number of carbonyl (C=O) groups is 2. The molecular weight excluding hydrogens is 412 g/mol. The zero-order valence-corrected chi connectivity index (χ0v) is 17.3. The summed E-state index contributed by atoms with van der Waals surface area (Å²) in [5.41, 5.74) is 2.55. The standard InChI is InChI=1S/C24H18N2O4S/c27-19-14-21(30-20-7-2-1-6-17(19)20)23(28)25-16-9-10-18-15(13-16)5-3-11-26(18)24(29)22-8-4-12-31-22/h1-2,4,6-10,12-14H,3,5,11H2,(H,25,28). The molecule has 2 aromatic heterocycles. The average Bonchev–Trinajstić information content (AvgIpc) is 3.33. The molecule has 0 radical (unpaired) electrons. The third-order valence-corrected chi connectivity index (χ3v) is 6.15. The van der Waals surface area contributed by atoms with Crippen molar-refractivity contribution in [2.24, 2.45) is 0 Å². The summed E-state index contributed by atoms with van der Waals surface area (Å²) in [6, 6.07) is 17.2. The molecule has 0 saturated heterocycles. The van der Waals surface area contributed by atoms with E-state index in [0.717, 1.165) is 24.1 Å². The van der Waals surface area contributed by atoms with Crippen molar-refractivity contribution < 1.29 is 14.0 Å². The summed E-state index contributed by atoms with van der Waals surface area (Å²) in [6.07, 6.45) is 1.67. The van der Waals surface area contributed by atoms with Crippen LogP contribution in [0.2, 0.25) is 0 Å². The number of aryl methyl sites for hydroxylation is 1. The normalized spacial score (nSPS) is 13.1. The second-order valence-corrected chi connectivity index (χ2v) is 8.25. The van der Waals surface area contributed by atoms with Crippen molar-refractivity contribution in [1.29, 1.82) is 0 Å². The van der Waals surface area contributed by atoms with E-state index in [4.69, 9.17) is 4.42 Å². The van der Waals surface area contributed by atoms with Crippen LogP contribution >= 0.6 is 11.3 Å². The largest absolute Gasteiger partial charge is 0.451 e. The van der Waals surface area contributed by atoms with Crippen LogP contribution in [0.5, 0.6) is 0 Å². The Kier molecular flexibility index (Phi) is 4.88. The van der Waals surface area contributed by atoms with E-state index in [0.29, 0.717) is 28.1 Å². The number of thiophene rings is 1. The van der Waals surface area contributed by atoms with Crippen molar-refractivity contribution >= 4 is 45.5 Å². The number of hydrogen-bond donors (Lipinski definition) is 1. The fourth-order valence-electron chi connectivity index (χ4n) is 3.83. The Hall–Kier alpha value is -3.71. The Morgan fingerprint density at radius 1 is 1.03 bits per heavy atom. The molecule has 0 spiro atoms. The van der Waals surface area contributed by atoms with Gasteiger partial charge in [0.15, 0.2) is 11.2 Å². The highest BCUT2D eigenvalue weighted by Gasteiger charge is 2.24. The minimum absolute atomic E-state index is 0.00863. The predicted octanol–water partition coefficient (Wildman–Crippen LogP) is 4.70. The van der Waals surface area contributed by atoms with Crippen LogP contribution in [0, 0.1) is 0 Å². The zero-order valence-electron chi connectivity index (χ0n) is 16.5. The molecule has 7 heteroatoms. The second kappa shape index (κ2) is 7.85. The lowest BCUT2D eigenvalue weighted by atomic mass is 10.0. The van der Waals surface area contributed by atoms with E-state index in [9.17, 15) is 14.4 Å². The van der Waals surface area contributed by atoms with Gasteiger partial charge in [0, 0.05) is 24.0 Å². The molecule has 154 valence electrons. The first-order chi connectivity index (χ1) is 15.1. The molecule has 1 N–H and O–H groups in total. The van der Waals surface area contributed by atoms with Crippen LogP contribution in [-0.2, 0) is 6.42 Å². The third-order valence-electron chi connectivity index (χ3n) is 5.29. The molecule has 6 nitrogen and oxygen atoms in total. The van der Waals surface area contributed by atoms with E-state index < -0.39 is 5.91 Å². The summed E-state index contributed by atoms with van der Waals surface area (Å²) in [7, 11) is 0. The van der Waals surface area contributed by atoms with E-state index in [1.54, 1.807) is 35.2 Å². The molecule has 0 aliphatic carbocycles. The highest BCUT2D eigenvalue weighted by molar-refractivity contribution is 7.12. The Labute approximate surface area is 181 Å². The average molecular weight is 430 g/mol. The van der Waals surface area contributed by atoms with Gasteiger partial charge in [-0.15, -0.1) is 11.3 Å². The van der Waals surface area contributed by atoms with E-state index >= 15 is 0 Å². The number of carbonyl (C=O) groups excluding carboxylic acids is 2.